The fourth-order valence-electron chi connectivity index (χ4n) is 1.77. The first-order valence-corrected chi connectivity index (χ1v) is 4.67. The van der Waals surface area contributed by atoms with Crippen LogP contribution in [0.2, 0.25) is 0 Å². The Morgan fingerprint density at radius 2 is 2.57 bits per heavy atom. The van der Waals surface area contributed by atoms with E-state index in [4.69, 9.17) is 10.8 Å². The number of carboxylic acid groups (broad SMARTS) is 1. The molecule has 0 radical (unpaired) electrons. The Morgan fingerprint density at radius 3 is 3.29 bits per heavy atom. The van der Waals surface area contributed by atoms with Gasteiger partial charge in [-0.2, -0.15) is 0 Å². The molecule has 0 spiro atoms. The third kappa shape index (κ3) is 1.77. The maximum atomic E-state index is 10.5. The van der Waals surface area contributed by atoms with Gasteiger partial charge < -0.3 is 15.4 Å². The van der Waals surface area contributed by atoms with Crippen LogP contribution in [0.3, 0.4) is 0 Å². The molecule has 0 aliphatic carbocycles. The number of nitrogens with zero attached hydrogens (tertiary/aromatic N) is 2. The van der Waals surface area contributed by atoms with Crippen LogP contribution in [-0.4, -0.2) is 26.7 Å². The summed E-state index contributed by atoms with van der Waals surface area (Å²) in [5.41, 5.74) is 6.42. The van der Waals surface area contributed by atoms with E-state index >= 15 is 0 Å². The van der Waals surface area contributed by atoms with E-state index in [0.29, 0.717) is 5.69 Å². The molecule has 2 heterocycles. The lowest BCUT2D eigenvalue weighted by Crippen LogP contribution is -2.31. The molecule has 1 aliphatic rings. The second-order valence-electron chi connectivity index (χ2n) is 3.67. The van der Waals surface area contributed by atoms with Gasteiger partial charge in [0.15, 0.2) is 0 Å². The number of aryl methyl sites for hydroxylation is 1. The maximum absolute atomic E-state index is 10.5. The summed E-state index contributed by atoms with van der Waals surface area (Å²) in [6.45, 7) is 0.752. The van der Waals surface area contributed by atoms with E-state index in [1.165, 1.54) is 0 Å². The van der Waals surface area contributed by atoms with E-state index in [1.807, 2.05) is 4.57 Å². The van der Waals surface area contributed by atoms with Crippen molar-refractivity contribution in [1.82, 2.24) is 9.55 Å². The van der Waals surface area contributed by atoms with E-state index in [0.717, 1.165) is 25.2 Å². The van der Waals surface area contributed by atoms with E-state index in [-0.39, 0.29) is 12.5 Å². The molecule has 1 aromatic rings. The molecule has 1 aromatic heterocycles. The molecular formula is C9H13N3O2. The Bertz CT molecular complexity index is 359. The summed E-state index contributed by atoms with van der Waals surface area (Å²) < 4.78 is 1.96. The lowest BCUT2D eigenvalue weighted by Gasteiger charge is -2.19. The van der Waals surface area contributed by atoms with Gasteiger partial charge in [-0.15, -0.1) is 0 Å². The SMILES string of the molecule is NC1CCc2nc(CC(=O)O)cn2C1. The molecule has 1 aliphatic heterocycles. The van der Waals surface area contributed by atoms with Crippen molar-refractivity contribution in [3.63, 3.8) is 0 Å². The van der Waals surface area contributed by atoms with Gasteiger partial charge in [0, 0.05) is 25.2 Å². The Labute approximate surface area is 81.5 Å². The number of aliphatic carboxylic acids is 1. The number of aromatic nitrogens is 2. The van der Waals surface area contributed by atoms with Gasteiger partial charge in [-0.05, 0) is 6.42 Å². The largest absolute Gasteiger partial charge is 0.481 e. The zero-order valence-corrected chi connectivity index (χ0v) is 7.81. The van der Waals surface area contributed by atoms with Crippen molar-refractivity contribution in [3.8, 4) is 0 Å². The summed E-state index contributed by atoms with van der Waals surface area (Å²) in [6, 6.07) is 0.175. The van der Waals surface area contributed by atoms with Gasteiger partial charge in [0.05, 0.1) is 12.1 Å². The van der Waals surface area contributed by atoms with E-state index in [9.17, 15) is 4.79 Å². The second kappa shape index (κ2) is 3.42. The number of carboxylic acids is 1. The summed E-state index contributed by atoms with van der Waals surface area (Å²) >= 11 is 0. The summed E-state index contributed by atoms with van der Waals surface area (Å²) in [6.07, 6.45) is 3.57. The highest BCUT2D eigenvalue weighted by atomic mass is 16.4. The van der Waals surface area contributed by atoms with Gasteiger partial charge >= 0.3 is 5.97 Å². The number of fused-ring (bicyclic) bond motifs is 1. The molecule has 2 rings (SSSR count). The molecule has 0 bridgehead atoms. The Morgan fingerprint density at radius 1 is 1.79 bits per heavy atom. The summed E-state index contributed by atoms with van der Waals surface area (Å²) in [4.78, 5) is 14.7. The molecule has 5 heteroatoms. The van der Waals surface area contributed by atoms with Crippen LogP contribution in [0.1, 0.15) is 17.9 Å². The zero-order chi connectivity index (χ0) is 10.1. The molecule has 0 amide bonds. The van der Waals surface area contributed by atoms with Crippen molar-refractivity contribution in [3.05, 3.63) is 17.7 Å². The Hall–Kier alpha value is -1.36. The number of nitrogens with two attached hydrogens (primary N) is 1. The summed E-state index contributed by atoms with van der Waals surface area (Å²) in [5.74, 6) is 0.118. The molecular weight excluding hydrogens is 182 g/mol. The van der Waals surface area contributed by atoms with Crippen molar-refractivity contribution < 1.29 is 9.90 Å². The van der Waals surface area contributed by atoms with E-state index in [2.05, 4.69) is 4.98 Å². The number of rotatable bonds is 2. The predicted molar refractivity (Wildman–Crippen MR) is 49.9 cm³/mol. The molecule has 0 saturated carbocycles. The van der Waals surface area contributed by atoms with Gasteiger partial charge in [0.25, 0.3) is 0 Å². The maximum Gasteiger partial charge on any atom is 0.309 e. The number of imidazole rings is 1. The summed E-state index contributed by atoms with van der Waals surface area (Å²) in [5, 5.41) is 8.61. The smallest absolute Gasteiger partial charge is 0.309 e. The second-order valence-corrected chi connectivity index (χ2v) is 3.67. The van der Waals surface area contributed by atoms with Crippen LogP contribution in [-0.2, 0) is 24.2 Å². The van der Waals surface area contributed by atoms with Gasteiger partial charge in [-0.3, -0.25) is 4.79 Å². The fraction of sp³-hybridized carbons (Fsp3) is 0.556. The fourth-order valence-corrected chi connectivity index (χ4v) is 1.77. The highest BCUT2D eigenvalue weighted by Crippen LogP contribution is 2.14. The third-order valence-corrected chi connectivity index (χ3v) is 2.41. The van der Waals surface area contributed by atoms with Crippen molar-refractivity contribution in [1.29, 1.82) is 0 Å². The number of hydrogen-bond donors (Lipinski definition) is 2. The Balaban J connectivity index is 2.19. The first-order valence-electron chi connectivity index (χ1n) is 4.67. The zero-order valence-electron chi connectivity index (χ0n) is 7.81. The topological polar surface area (TPSA) is 81.1 Å². The van der Waals surface area contributed by atoms with Crippen LogP contribution < -0.4 is 5.73 Å². The van der Waals surface area contributed by atoms with Gasteiger partial charge in [-0.1, -0.05) is 0 Å². The standard InChI is InChI=1S/C9H13N3O2/c10-6-1-2-8-11-7(3-9(13)14)5-12(8)4-6/h5-6H,1-4,10H2,(H,13,14). The van der Waals surface area contributed by atoms with Crippen LogP contribution >= 0.6 is 0 Å². The van der Waals surface area contributed by atoms with Crippen LogP contribution in [0.5, 0.6) is 0 Å². The average molecular weight is 195 g/mol. The molecule has 0 aromatic carbocycles. The highest BCUT2D eigenvalue weighted by Gasteiger charge is 2.17. The minimum absolute atomic E-state index is 0.00472. The third-order valence-electron chi connectivity index (χ3n) is 2.41. The van der Waals surface area contributed by atoms with Crippen LogP contribution in [0.4, 0.5) is 0 Å². The normalized spacial score (nSPS) is 20.5. The number of carbonyl (C=O) groups is 1. The highest BCUT2D eigenvalue weighted by molar-refractivity contribution is 5.69. The lowest BCUT2D eigenvalue weighted by molar-refractivity contribution is -0.136. The monoisotopic (exact) mass is 195 g/mol. The molecule has 1 atom stereocenters. The van der Waals surface area contributed by atoms with Crippen LogP contribution in [0.15, 0.2) is 6.20 Å². The van der Waals surface area contributed by atoms with Crippen molar-refractivity contribution in [2.75, 3.05) is 0 Å². The molecule has 1 unspecified atom stereocenters. The van der Waals surface area contributed by atoms with Crippen molar-refractivity contribution >= 4 is 5.97 Å². The predicted octanol–water partition coefficient (Wildman–Crippen LogP) is -0.216. The molecule has 5 nitrogen and oxygen atoms in total. The van der Waals surface area contributed by atoms with Crippen LogP contribution in [0, 0.1) is 0 Å². The van der Waals surface area contributed by atoms with Gasteiger partial charge in [0.1, 0.15) is 5.82 Å². The van der Waals surface area contributed by atoms with Crippen molar-refractivity contribution in [2.45, 2.75) is 31.8 Å². The molecule has 3 N–H and O–H groups in total. The first kappa shape index (κ1) is 9.21. The average Bonchev–Trinajstić information content (AvgIpc) is 2.44. The minimum Gasteiger partial charge on any atom is -0.481 e. The van der Waals surface area contributed by atoms with Crippen molar-refractivity contribution in [2.24, 2.45) is 5.73 Å². The molecule has 0 saturated heterocycles. The molecule has 76 valence electrons. The quantitative estimate of drug-likeness (QED) is 0.683. The molecule has 0 fully saturated rings. The summed E-state index contributed by atoms with van der Waals surface area (Å²) in [7, 11) is 0. The number of hydrogen-bond acceptors (Lipinski definition) is 3. The van der Waals surface area contributed by atoms with E-state index in [1.54, 1.807) is 6.20 Å². The minimum atomic E-state index is -0.843. The van der Waals surface area contributed by atoms with Crippen LogP contribution in [0.25, 0.3) is 0 Å². The van der Waals surface area contributed by atoms with E-state index < -0.39 is 5.97 Å². The lowest BCUT2D eigenvalue weighted by atomic mass is 10.1. The Kier molecular flexibility index (Phi) is 2.25. The molecule has 14 heavy (non-hydrogen) atoms. The van der Waals surface area contributed by atoms with Gasteiger partial charge in [0.2, 0.25) is 0 Å². The van der Waals surface area contributed by atoms with Gasteiger partial charge in [-0.25, -0.2) is 4.98 Å². The first-order chi connectivity index (χ1) is 6.65.